The van der Waals surface area contributed by atoms with Gasteiger partial charge in [0.1, 0.15) is 18.7 Å². The number of benzene rings is 2. The number of hydrogen-bond donors (Lipinski definition) is 1. The number of piperidine rings is 1. The second kappa shape index (κ2) is 13.2. The Morgan fingerprint density at radius 3 is 2.47 bits per heavy atom. The lowest BCUT2D eigenvalue weighted by Gasteiger charge is -2.48. The number of aromatic nitrogens is 3. The molecule has 1 saturated heterocycles. The number of nitrogens with zero attached hydrogens (tertiary/aromatic N) is 5. The summed E-state index contributed by atoms with van der Waals surface area (Å²) in [5, 5.41) is 8.53. The fourth-order valence-electron chi connectivity index (χ4n) is 7.69. The van der Waals surface area contributed by atoms with Crippen molar-refractivity contribution >= 4 is 23.4 Å². The zero-order valence-corrected chi connectivity index (χ0v) is 25.9. The molecule has 228 valence electrons. The molecular formula is C34H43ClN6O2. The van der Waals surface area contributed by atoms with Crippen LogP contribution in [0, 0.1) is 11.3 Å². The highest BCUT2D eigenvalue weighted by Crippen LogP contribution is 2.47. The molecule has 0 radical (unpaired) electrons. The molecule has 0 bridgehead atoms. The van der Waals surface area contributed by atoms with Crippen molar-refractivity contribution in [1.29, 1.82) is 0 Å². The third-order valence-corrected chi connectivity index (χ3v) is 10.6. The van der Waals surface area contributed by atoms with Crippen molar-refractivity contribution in [2.45, 2.75) is 83.0 Å². The Morgan fingerprint density at radius 1 is 1.05 bits per heavy atom. The molecule has 0 unspecified atom stereocenters. The summed E-state index contributed by atoms with van der Waals surface area (Å²) >= 11 is 6.17. The van der Waals surface area contributed by atoms with E-state index in [4.69, 9.17) is 11.6 Å². The standard InChI is InChI=1S/C34H43ClN6O2/c1-39(32(42)30-20-26-7-5-6-8-27(26)21-37-30)31(19-25-11-13-29(35)14-12-25)33(43)40-17-15-34(16-18-40,22-41-24-36-23-38-41)28-9-3-2-4-10-28/h5-8,11-14,23-24,28,30-31,37H,2-4,9-10,15-22H2,1H3/t30-,31-/m1/s1. The summed E-state index contributed by atoms with van der Waals surface area (Å²) in [5.74, 6) is 0.624. The van der Waals surface area contributed by atoms with Crippen LogP contribution in [-0.4, -0.2) is 68.6 Å². The van der Waals surface area contributed by atoms with E-state index in [1.807, 2.05) is 52.3 Å². The number of carbonyl (C=O) groups excluding carboxylic acids is 2. The Kier molecular flexibility index (Phi) is 9.14. The first-order valence-electron chi connectivity index (χ1n) is 15.8. The molecule has 2 aliphatic heterocycles. The molecule has 3 aliphatic rings. The van der Waals surface area contributed by atoms with Gasteiger partial charge >= 0.3 is 0 Å². The van der Waals surface area contributed by atoms with Crippen LogP contribution < -0.4 is 5.32 Å². The van der Waals surface area contributed by atoms with Gasteiger partial charge in [0.05, 0.1) is 6.04 Å². The van der Waals surface area contributed by atoms with Crippen molar-refractivity contribution in [3.63, 3.8) is 0 Å². The molecule has 1 saturated carbocycles. The Morgan fingerprint density at radius 2 is 1.77 bits per heavy atom. The molecule has 8 nitrogen and oxygen atoms in total. The van der Waals surface area contributed by atoms with Gasteiger partial charge in [-0.25, -0.2) is 4.98 Å². The Bertz CT molecular complexity index is 1380. The van der Waals surface area contributed by atoms with Gasteiger partial charge in [0.25, 0.3) is 0 Å². The molecule has 2 aromatic carbocycles. The van der Waals surface area contributed by atoms with Crippen LogP contribution in [0.25, 0.3) is 0 Å². The van der Waals surface area contributed by atoms with E-state index < -0.39 is 6.04 Å². The number of likely N-dealkylation sites (N-methyl/N-ethyl adjacent to an activating group) is 1. The molecular weight excluding hydrogens is 560 g/mol. The number of hydrogen-bond acceptors (Lipinski definition) is 5. The molecule has 3 aromatic rings. The number of amides is 2. The fourth-order valence-corrected chi connectivity index (χ4v) is 7.82. The number of likely N-dealkylation sites (tertiary alicyclic amines) is 1. The number of fused-ring (bicyclic) bond motifs is 1. The monoisotopic (exact) mass is 602 g/mol. The van der Waals surface area contributed by atoms with Crippen molar-refractivity contribution in [3.8, 4) is 0 Å². The highest BCUT2D eigenvalue weighted by molar-refractivity contribution is 6.30. The van der Waals surface area contributed by atoms with Crippen molar-refractivity contribution in [3.05, 3.63) is 82.9 Å². The summed E-state index contributed by atoms with van der Waals surface area (Å²) in [5.41, 5.74) is 3.52. The maximum Gasteiger partial charge on any atom is 0.245 e. The number of rotatable bonds is 8. The fraction of sp³-hybridized carbons (Fsp3) is 0.529. The van der Waals surface area contributed by atoms with Gasteiger partial charge in [-0.1, -0.05) is 67.3 Å². The third kappa shape index (κ3) is 6.65. The minimum Gasteiger partial charge on any atom is -0.341 e. The number of nitrogens with one attached hydrogen (secondary N) is 1. The van der Waals surface area contributed by atoms with Crippen LogP contribution in [0.5, 0.6) is 0 Å². The second-order valence-electron chi connectivity index (χ2n) is 12.8. The lowest BCUT2D eigenvalue weighted by molar-refractivity contribution is -0.147. The van der Waals surface area contributed by atoms with E-state index in [0.717, 1.165) is 24.9 Å². The van der Waals surface area contributed by atoms with Crippen molar-refractivity contribution in [2.75, 3.05) is 20.1 Å². The van der Waals surface area contributed by atoms with Crippen molar-refractivity contribution in [2.24, 2.45) is 11.3 Å². The van der Waals surface area contributed by atoms with E-state index in [1.165, 1.54) is 43.2 Å². The molecule has 1 aliphatic carbocycles. The van der Waals surface area contributed by atoms with Crippen LogP contribution in [0.1, 0.15) is 61.6 Å². The van der Waals surface area contributed by atoms with Crippen LogP contribution in [0.15, 0.2) is 61.2 Å². The Balaban J connectivity index is 1.20. The minimum absolute atomic E-state index is 0.0278. The van der Waals surface area contributed by atoms with E-state index in [1.54, 1.807) is 18.3 Å². The van der Waals surface area contributed by atoms with E-state index in [2.05, 4.69) is 27.5 Å². The number of halogens is 1. The van der Waals surface area contributed by atoms with Gasteiger partial charge in [-0.05, 0) is 72.3 Å². The van der Waals surface area contributed by atoms with E-state index in [0.29, 0.717) is 43.4 Å². The topological polar surface area (TPSA) is 83.4 Å². The van der Waals surface area contributed by atoms with Crippen molar-refractivity contribution < 1.29 is 9.59 Å². The largest absolute Gasteiger partial charge is 0.341 e. The van der Waals surface area contributed by atoms with Gasteiger partial charge in [-0.2, -0.15) is 5.10 Å². The third-order valence-electron chi connectivity index (χ3n) is 10.3. The van der Waals surface area contributed by atoms with Gasteiger partial charge in [0.2, 0.25) is 11.8 Å². The van der Waals surface area contributed by atoms with Crippen LogP contribution in [0.3, 0.4) is 0 Å². The molecule has 43 heavy (non-hydrogen) atoms. The van der Waals surface area contributed by atoms with E-state index in [-0.39, 0.29) is 23.3 Å². The van der Waals surface area contributed by atoms with Crippen LogP contribution in [0.2, 0.25) is 5.02 Å². The molecule has 2 amide bonds. The average molecular weight is 603 g/mol. The highest BCUT2D eigenvalue weighted by atomic mass is 35.5. The lowest BCUT2D eigenvalue weighted by atomic mass is 9.63. The van der Waals surface area contributed by atoms with Gasteiger partial charge < -0.3 is 15.1 Å². The quantitative estimate of drug-likeness (QED) is 0.396. The zero-order chi connectivity index (χ0) is 29.8. The normalized spacial score (nSPS) is 21.2. The first-order chi connectivity index (χ1) is 20.9. The summed E-state index contributed by atoms with van der Waals surface area (Å²) in [6.45, 7) is 2.88. The molecule has 9 heteroatoms. The van der Waals surface area contributed by atoms with Crippen molar-refractivity contribution in [1.82, 2.24) is 29.9 Å². The van der Waals surface area contributed by atoms with Gasteiger partial charge in [-0.15, -0.1) is 0 Å². The van der Waals surface area contributed by atoms with Crippen LogP contribution >= 0.6 is 11.6 Å². The Labute approximate surface area is 259 Å². The molecule has 2 atom stereocenters. The summed E-state index contributed by atoms with van der Waals surface area (Å²) in [7, 11) is 1.80. The predicted octanol–water partition coefficient (Wildman–Crippen LogP) is 4.90. The summed E-state index contributed by atoms with van der Waals surface area (Å²) in [4.78, 5) is 36.2. The molecule has 1 aromatic heterocycles. The maximum atomic E-state index is 14.4. The summed E-state index contributed by atoms with van der Waals surface area (Å²) in [6.07, 6.45) is 12.8. The molecule has 6 rings (SSSR count). The predicted molar refractivity (Wildman–Crippen MR) is 167 cm³/mol. The Hall–Kier alpha value is -3.23. The number of carbonyl (C=O) groups is 2. The SMILES string of the molecule is CN(C(=O)[C@H]1Cc2ccccc2CN1)[C@H](Cc1ccc(Cl)cc1)C(=O)N1CCC(Cn2cncn2)(C2CCCCC2)CC1. The van der Waals surface area contributed by atoms with E-state index >= 15 is 0 Å². The van der Waals surface area contributed by atoms with Crippen LogP contribution in [0.4, 0.5) is 0 Å². The summed E-state index contributed by atoms with van der Waals surface area (Å²) < 4.78 is 1.98. The van der Waals surface area contributed by atoms with Gasteiger partial charge in [0, 0.05) is 44.7 Å². The first kappa shape index (κ1) is 29.8. The van der Waals surface area contributed by atoms with Gasteiger partial charge in [-0.3, -0.25) is 14.3 Å². The molecule has 2 fully saturated rings. The van der Waals surface area contributed by atoms with E-state index in [9.17, 15) is 9.59 Å². The maximum absolute atomic E-state index is 14.4. The lowest BCUT2D eigenvalue weighted by Crippen LogP contribution is -2.58. The minimum atomic E-state index is -0.592. The molecule has 1 N–H and O–H groups in total. The highest BCUT2D eigenvalue weighted by Gasteiger charge is 2.44. The van der Waals surface area contributed by atoms with Gasteiger partial charge in [0.15, 0.2) is 0 Å². The first-order valence-corrected chi connectivity index (χ1v) is 16.2. The molecule has 0 spiro atoms. The molecule has 3 heterocycles. The zero-order valence-electron chi connectivity index (χ0n) is 25.1. The second-order valence-corrected chi connectivity index (χ2v) is 13.3. The van der Waals surface area contributed by atoms with Crippen LogP contribution in [-0.2, 0) is 35.5 Å². The smallest absolute Gasteiger partial charge is 0.245 e. The average Bonchev–Trinajstić information content (AvgIpc) is 3.57. The summed E-state index contributed by atoms with van der Waals surface area (Å²) in [6, 6.07) is 14.9.